The van der Waals surface area contributed by atoms with Crippen molar-refractivity contribution in [3.63, 3.8) is 0 Å². The molecular weight excluding hydrogens is 400 g/mol. The molecule has 2 saturated carbocycles. The average Bonchev–Trinajstić information content (AvgIpc) is 2.87. The van der Waals surface area contributed by atoms with Crippen molar-refractivity contribution < 1.29 is 4.74 Å². The van der Waals surface area contributed by atoms with E-state index < -0.39 is 0 Å². The van der Waals surface area contributed by atoms with E-state index in [9.17, 15) is 0 Å². The lowest BCUT2D eigenvalue weighted by atomic mass is 9.63. The number of unbranched alkanes of at least 4 members (excludes halogenated alkanes) is 2. The van der Waals surface area contributed by atoms with Crippen molar-refractivity contribution in [2.45, 2.75) is 77.0 Å². The van der Waals surface area contributed by atoms with E-state index in [1.54, 1.807) is 6.08 Å². The highest BCUT2D eigenvalue weighted by atomic mass is 16.5. The predicted molar refractivity (Wildman–Crippen MR) is 140 cm³/mol. The molecule has 1 nitrogen and oxygen atoms in total. The molecule has 0 amide bonds. The first-order chi connectivity index (χ1) is 16.2. The Morgan fingerprint density at radius 1 is 0.848 bits per heavy atom. The van der Waals surface area contributed by atoms with E-state index >= 15 is 0 Å². The average molecular weight is 441 g/mol. The van der Waals surface area contributed by atoms with Gasteiger partial charge in [-0.15, -0.1) is 0 Å². The second-order valence-electron chi connectivity index (χ2n) is 10.2. The van der Waals surface area contributed by atoms with Crippen LogP contribution in [0.2, 0.25) is 0 Å². The number of benzene rings is 2. The summed E-state index contributed by atoms with van der Waals surface area (Å²) < 4.78 is 5.54. The van der Waals surface area contributed by atoms with Gasteiger partial charge in [0.2, 0.25) is 0 Å². The summed E-state index contributed by atoms with van der Waals surface area (Å²) in [6, 6.07) is 17.0. The molecule has 2 aromatic rings. The third-order valence-corrected chi connectivity index (χ3v) is 7.89. The number of ether oxygens (including phenoxy) is 1. The van der Waals surface area contributed by atoms with E-state index in [4.69, 9.17) is 4.74 Å². The van der Waals surface area contributed by atoms with Crippen molar-refractivity contribution in [3.8, 4) is 17.6 Å². The van der Waals surface area contributed by atoms with Gasteiger partial charge in [0.25, 0.3) is 0 Å². The molecule has 2 aliphatic rings. The molecule has 0 N–H and O–H groups in total. The number of hydrogen-bond donors (Lipinski definition) is 0. The zero-order chi connectivity index (χ0) is 22.9. The highest BCUT2D eigenvalue weighted by Crippen LogP contribution is 2.48. The summed E-state index contributed by atoms with van der Waals surface area (Å²) in [6.07, 6.45) is 16.1. The second-order valence-corrected chi connectivity index (χ2v) is 10.2. The summed E-state index contributed by atoms with van der Waals surface area (Å²) in [4.78, 5) is 0. The molecule has 2 fully saturated rings. The maximum atomic E-state index is 5.54. The molecule has 2 aliphatic carbocycles. The molecular formula is C32H40O. The van der Waals surface area contributed by atoms with Crippen LogP contribution >= 0.6 is 0 Å². The fraction of sp³-hybridized carbons (Fsp3) is 0.500. The van der Waals surface area contributed by atoms with Crippen LogP contribution < -0.4 is 4.74 Å². The van der Waals surface area contributed by atoms with Crippen molar-refractivity contribution in [3.05, 3.63) is 77.9 Å². The SMILES string of the molecule is C=CCOc1ccc(C#Cc2ccc([C@@H]3CC[C@@H]4CC(CCCCC)CC[C@@H]4C3)cc2)cc1. The Labute approximate surface area is 201 Å². The van der Waals surface area contributed by atoms with Gasteiger partial charge in [0.05, 0.1) is 0 Å². The van der Waals surface area contributed by atoms with Crippen LogP contribution in [0.5, 0.6) is 5.75 Å². The predicted octanol–water partition coefficient (Wildman–Crippen LogP) is 8.53. The first kappa shape index (κ1) is 23.7. The molecule has 1 unspecified atom stereocenters. The van der Waals surface area contributed by atoms with E-state index in [0.29, 0.717) is 6.61 Å². The Kier molecular flexibility index (Phi) is 8.71. The van der Waals surface area contributed by atoms with E-state index in [1.807, 2.05) is 24.3 Å². The van der Waals surface area contributed by atoms with Crippen LogP contribution in [0.15, 0.2) is 61.2 Å². The minimum atomic E-state index is 0.527. The Balaban J connectivity index is 1.29. The van der Waals surface area contributed by atoms with Crippen LogP contribution in [0.3, 0.4) is 0 Å². The normalized spacial score (nSPS) is 24.3. The molecule has 0 spiro atoms. The Morgan fingerprint density at radius 2 is 1.52 bits per heavy atom. The molecule has 0 aliphatic heterocycles. The van der Waals surface area contributed by atoms with Crippen LogP contribution in [0.1, 0.15) is 93.7 Å². The largest absolute Gasteiger partial charge is 0.490 e. The van der Waals surface area contributed by atoms with Gasteiger partial charge >= 0.3 is 0 Å². The van der Waals surface area contributed by atoms with Crippen LogP contribution in [-0.4, -0.2) is 6.61 Å². The molecule has 0 heterocycles. The maximum Gasteiger partial charge on any atom is 0.119 e. The minimum Gasteiger partial charge on any atom is -0.490 e. The molecule has 2 aromatic carbocycles. The van der Waals surface area contributed by atoms with E-state index in [0.717, 1.165) is 40.5 Å². The monoisotopic (exact) mass is 440 g/mol. The minimum absolute atomic E-state index is 0.527. The summed E-state index contributed by atoms with van der Waals surface area (Å²) in [5, 5.41) is 0. The zero-order valence-electron chi connectivity index (χ0n) is 20.4. The fourth-order valence-electron chi connectivity index (χ4n) is 6.01. The van der Waals surface area contributed by atoms with Crippen LogP contribution in [0.25, 0.3) is 0 Å². The standard InChI is InChI=1S/C32H40O/c1-3-5-6-7-27-12-17-31-24-30(19-18-29(31)23-27)28-15-10-25(11-16-28)8-9-26-13-20-32(21-14-26)33-22-4-2/h4,10-11,13-16,20-21,27,29-31H,2-3,5-7,12,17-19,22-24H2,1H3/t27?,29-,30-,31-/m1/s1. The van der Waals surface area contributed by atoms with E-state index in [2.05, 4.69) is 49.6 Å². The van der Waals surface area contributed by atoms with Gasteiger partial charge in [-0.05, 0) is 97.7 Å². The first-order valence-electron chi connectivity index (χ1n) is 13.2. The van der Waals surface area contributed by atoms with Gasteiger partial charge in [0.15, 0.2) is 0 Å². The van der Waals surface area contributed by atoms with Gasteiger partial charge in [-0.2, -0.15) is 0 Å². The lowest BCUT2D eigenvalue weighted by Crippen LogP contribution is -2.30. The molecule has 33 heavy (non-hydrogen) atoms. The summed E-state index contributed by atoms with van der Waals surface area (Å²) in [7, 11) is 0. The van der Waals surface area contributed by atoms with Gasteiger partial charge in [0.1, 0.15) is 12.4 Å². The van der Waals surface area contributed by atoms with Crippen molar-refractivity contribution in [2.24, 2.45) is 17.8 Å². The molecule has 4 atom stereocenters. The van der Waals surface area contributed by atoms with Gasteiger partial charge in [-0.3, -0.25) is 0 Å². The molecule has 1 heteroatoms. The smallest absolute Gasteiger partial charge is 0.119 e. The molecule has 174 valence electrons. The Morgan fingerprint density at radius 3 is 2.21 bits per heavy atom. The molecule has 0 saturated heterocycles. The summed E-state index contributed by atoms with van der Waals surface area (Å²) in [5.74, 6) is 11.2. The topological polar surface area (TPSA) is 9.23 Å². The summed E-state index contributed by atoms with van der Waals surface area (Å²) in [6.45, 7) is 6.52. The van der Waals surface area contributed by atoms with Crippen LogP contribution in [0.4, 0.5) is 0 Å². The molecule has 0 bridgehead atoms. The van der Waals surface area contributed by atoms with Crippen molar-refractivity contribution in [1.29, 1.82) is 0 Å². The fourth-order valence-corrected chi connectivity index (χ4v) is 6.01. The van der Waals surface area contributed by atoms with E-state index in [-0.39, 0.29) is 0 Å². The third kappa shape index (κ3) is 6.77. The van der Waals surface area contributed by atoms with Crippen molar-refractivity contribution in [1.82, 2.24) is 0 Å². The quantitative estimate of drug-likeness (QED) is 0.227. The zero-order valence-corrected chi connectivity index (χ0v) is 20.4. The first-order valence-corrected chi connectivity index (χ1v) is 13.2. The molecule has 0 radical (unpaired) electrons. The number of fused-ring (bicyclic) bond motifs is 1. The number of rotatable bonds is 8. The highest BCUT2D eigenvalue weighted by molar-refractivity contribution is 5.45. The highest BCUT2D eigenvalue weighted by Gasteiger charge is 2.35. The summed E-state index contributed by atoms with van der Waals surface area (Å²) >= 11 is 0. The third-order valence-electron chi connectivity index (χ3n) is 7.89. The number of hydrogen-bond acceptors (Lipinski definition) is 1. The molecule has 4 rings (SSSR count). The van der Waals surface area contributed by atoms with Crippen LogP contribution in [-0.2, 0) is 0 Å². The van der Waals surface area contributed by atoms with Gasteiger partial charge in [0, 0.05) is 11.1 Å². The van der Waals surface area contributed by atoms with Crippen LogP contribution in [0, 0.1) is 29.6 Å². The van der Waals surface area contributed by atoms with E-state index in [1.165, 1.54) is 69.8 Å². The second kappa shape index (κ2) is 12.1. The lowest BCUT2D eigenvalue weighted by molar-refractivity contribution is 0.113. The van der Waals surface area contributed by atoms with Gasteiger partial charge in [-0.25, -0.2) is 0 Å². The summed E-state index contributed by atoms with van der Waals surface area (Å²) in [5.41, 5.74) is 3.62. The lowest BCUT2D eigenvalue weighted by Gasteiger charge is -2.42. The van der Waals surface area contributed by atoms with Gasteiger partial charge in [-0.1, -0.05) is 75.7 Å². The van der Waals surface area contributed by atoms with Gasteiger partial charge < -0.3 is 4.74 Å². The maximum absolute atomic E-state index is 5.54. The van der Waals surface area contributed by atoms with Crippen molar-refractivity contribution >= 4 is 0 Å². The van der Waals surface area contributed by atoms with Crippen molar-refractivity contribution in [2.75, 3.05) is 6.61 Å². The Bertz CT molecular complexity index is 927. The Hall–Kier alpha value is -2.46. The molecule has 0 aromatic heterocycles.